The molecule has 18 heavy (non-hydrogen) atoms. The molecule has 1 amide bonds. The maximum Gasteiger partial charge on any atom is 0.307 e. The Labute approximate surface area is 106 Å². The largest absolute Gasteiger partial charge is 0.508 e. The third-order valence-electron chi connectivity index (χ3n) is 2.30. The summed E-state index contributed by atoms with van der Waals surface area (Å²) in [6.45, 7) is 2.31. The highest BCUT2D eigenvalue weighted by molar-refractivity contribution is 5.80. The minimum atomic E-state index is -0.333. The van der Waals surface area contributed by atoms with Crippen LogP contribution in [0.25, 0.3) is 0 Å². The first kappa shape index (κ1) is 14.0. The van der Waals surface area contributed by atoms with E-state index >= 15 is 0 Å². The van der Waals surface area contributed by atoms with Crippen molar-refractivity contribution >= 4 is 11.9 Å². The minimum absolute atomic E-state index is 0.0928. The van der Waals surface area contributed by atoms with Gasteiger partial charge in [-0.05, 0) is 13.0 Å². The summed E-state index contributed by atoms with van der Waals surface area (Å²) in [6, 6.07) is 6.65. The maximum absolute atomic E-state index is 11.5. The Bertz CT molecular complexity index is 417. The molecule has 1 aromatic rings. The van der Waals surface area contributed by atoms with Crippen LogP contribution in [-0.4, -0.2) is 30.1 Å². The lowest BCUT2D eigenvalue weighted by molar-refractivity contribution is -0.143. The minimum Gasteiger partial charge on any atom is -0.508 e. The molecule has 0 aliphatic carbocycles. The van der Waals surface area contributed by atoms with Crippen molar-refractivity contribution in [2.45, 2.75) is 19.8 Å². The van der Waals surface area contributed by atoms with Gasteiger partial charge in [0.1, 0.15) is 5.75 Å². The van der Waals surface area contributed by atoms with E-state index in [2.05, 4.69) is 5.32 Å². The van der Waals surface area contributed by atoms with Gasteiger partial charge in [-0.15, -0.1) is 0 Å². The normalized spacial score (nSPS) is 9.83. The van der Waals surface area contributed by atoms with Gasteiger partial charge in [0, 0.05) is 12.1 Å². The standard InChI is InChI=1S/C13H17NO4/c1-2-18-13(17)7-8-14-12(16)9-10-5-3-4-6-11(10)15/h3-6,15H,2,7-9H2,1H3,(H,14,16). The monoisotopic (exact) mass is 251 g/mol. The van der Waals surface area contributed by atoms with E-state index in [1.807, 2.05) is 0 Å². The summed E-state index contributed by atoms with van der Waals surface area (Å²) in [6.07, 6.45) is 0.246. The van der Waals surface area contributed by atoms with E-state index in [0.29, 0.717) is 12.2 Å². The number of benzene rings is 1. The van der Waals surface area contributed by atoms with Crippen LogP contribution in [0.2, 0.25) is 0 Å². The Hall–Kier alpha value is -2.04. The van der Waals surface area contributed by atoms with Crippen LogP contribution in [0.15, 0.2) is 24.3 Å². The average Bonchev–Trinajstić information content (AvgIpc) is 2.32. The van der Waals surface area contributed by atoms with Crippen LogP contribution in [0.3, 0.4) is 0 Å². The molecule has 5 nitrogen and oxygen atoms in total. The van der Waals surface area contributed by atoms with Gasteiger partial charge in [-0.25, -0.2) is 0 Å². The first-order chi connectivity index (χ1) is 8.63. The molecule has 0 heterocycles. The molecule has 0 aliphatic rings. The zero-order chi connectivity index (χ0) is 13.4. The van der Waals surface area contributed by atoms with Crippen LogP contribution < -0.4 is 5.32 Å². The molecule has 0 aliphatic heterocycles. The predicted octanol–water partition coefficient (Wildman–Crippen LogP) is 1.00. The number of amides is 1. The second-order valence-electron chi connectivity index (χ2n) is 3.71. The Morgan fingerprint density at radius 3 is 2.72 bits per heavy atom. The topological polar surface area (TPSA) is 75.6 Å². The fraction of sp³-hybridized carbons (Fsp3) is 0.385. The fourth-order valence-electron chi connectivity index (χ4n) is 1.43. The van der Waals surface area contributed by atoms with E-state index in [4.69, 9.17) is 4.74 Å². The SMILES string of the molecule is CCOC(=O)CCNC(=O)Cc1ccccc1O. The molecule has 0 fully saturated rings. The van der Waals surface area contributed by atoms with Gasteiger partial charge in [0.05, 0.1) is 19.4 Å². The molecule has 5 heteroatoms. The van der Waals surface area contributed by atoms with Gasteiger partial charge < -0.3 is 15.2 Å². The third-order valence-corrected chi connectivity index (χ3v) is 2.30. The summed E-state index contributed by atoms with van der Waals surface area (Å²) < 4.78 is 4.73. The van der Waals surface area contributed by atoms with Crippen LogP contribution >= 0.6 is 0 Å². The Morgan fingerprint density at radius 2 is 2.06 bits per heavy atom. The predicted molar refractivity (Wildman–Crippen MR) is 66.1 cm³/mol. The first-order valence-electron chi connectivity index (χ1n) is 5.82. The van der Waals surface area contributed by atoms with E-state index < -0.39 is 0 Å². The highest BCUT2D eigenvalue weighted by Gasteiger charge is 2.07. The zero-order valence-corrected chi connectivity index (χ0v) is 10.3. The van der Waals surface area contributed by atoms with E-state index in [-0.39, 0.29) is 37.0 Å². The first-order valence-corrected chi connectivity index (χ1v) is 5.82. The van der Waals surface area contributed by atoms with Gasteiger partial charge in [-0.1, -0.05) is 18.2 Å². The zero-order valence-electron chi connectivity index (χ0n) is 10.3. The molecule has 1 rings (SSSR count). The van der Waals surface area contributed by atoms with Crippen molar-refractivity contribution in [2.24, 2.45) is 0 Å². The molecular weight excluding hydrogens is 234 g/mol. The number of hydrogen-bond acceptors (Lipinski definition) is 4. The molecule has 0 spiro atoms. The van der Waals surface area contributed by atoms with Gasteiger partial charge in [0.2, 0.25) is 5.91 Å². The summed E-state index contributed by atoms with van der Waals surface area (Å²) in [5.74, 6) is -0.473. The van der Waals surface area contributed by atoms with Crippen molar-refractivity contribution < 1.29 is 19.4 Å². The van der Waals surface area contributed by atoms with Crippen molar-refractivity contribution in [3.05, 3.63) is 29.8 Å². The van der Waals surface area contributed by atoms with E-state index in [1.165, 1.54) is 6.07 Å². The Morgan fingerprint density at radius 1 is 1.33 bits per heavy atom. The van der Waals surface area contributed by atoms with Crippen molar-refractivity contribution in [3.63, 3.8) is 0 Å². The molecule has 0 saturated carbocycles. The number of nitrogens with one attached hydrogen (secondary N) is 1. The molecule has 0 bridgehead atoms. The average molecular weight is 251 g/mol. The fourth-order valence-corrected chi connectivity index (χ4v) is 1.43. The molecule has 0 atom stereocenters. The molecule has 2 N–H and O–H groups in total. The smallest absolute Gasteiger partial charge is 0.307 e. The van der Waals surface area contributed by atoms with Crippen molar-refractivity contribution in [2.75, 3.05) is 13.2 Å². The molecule has 1 aromatic carbocycles. The highest BCUT2D eigenvalue weighted by atomic mass is 16.5. The van der Waals surface area contributed by atoms with E-state index in [9.17, 15) is 14.7 Å². The number of para-hydroxylation sites is 1. The van der Waals surface area contributed by atoms with Gasteiger partial charge in [-0.3, -0.25) is 9.59 Å². The number of rotatable bonds is 6. The molecule has 0 unspecified atom stereocenters. The van der Waals surface area contributed by atoms with Crippen LogP contribution in [0.1, 0.15) is 18.9 Å². The number of phenols is 1. The number of carbonyl (C=O) groups is 2. The molecule has 98 valence electrons. The van der Waals surface area contributed by atoms with Crippen LogP contribution in [-0.2, 0) is 20.7 Å². The van der Waals surface area contributed by atoms with Crippen molar-refractivity contribution in [1.82, 2.24) is 5.32 Å². The van der Waals surface area contributed by atoms with Crippen molar-refractivity contribution in [3.8, 4) is 5.75 Å². The van der Waals surface area contributed by atoms with E-state index in [0.717, 1.165) is 0 Å². The third kappa shape index (κ3) is 4.86. The summed E-state index contributed by atoms with van der Waals surface area (Å²) in [4.78, 5) is 22.6. The summed E-state index contributed by atoms with van der Waals surface area (Å²) in [5, 5.41) is 12.1. The number of ether oxygens (including phenoxy) is 1. The second-order valence-corrected chi connectivity index (χ2v) is 3.71. The Balaban J connectivity index is 2.30. The summed E-state index contributed by atoms with van der Waals surface area (Å²) in [5.41, 5.74) is 0.561. The van der Waals surface area contributed by atoms with Crippen molar-refractivity contribution in [1.29, 1.82) is 0 Å². The van der Waals surface area contributed by atoms with Gasteiger partial charge in [0.15, 0.2) is 0 Å². The van der Waals surface area contributed by atoms with Gasteiger partial charge in [-0.2, -0.15) is 0 Å². The molecule has 0 radical (unpaired) electrons. The lowest BCUT2D eigenvalue weighted by atomic mass is 10.1. The number of carbonyl (C=O) groups excluding carboxylic acids is 2. The number of phenolic OH excluding ortho intramolecular Hbond substituents is 1. The maximum atomic E-state index is 11.5. The summed E-state index contributed by atoms with van der Waals surface area (Å²) in [7, 11) is 0. The van der Waals surface area contributed by atoms with Gasteiger partial charge in [0.25, 0.3) is 0 Å². The lowest BCUT2D eigenvalue weighted by Gasteiger charge is -2.06. The Kier molecular flexibility index (Phi) is 5.70. The second kappa shape index (κ2) is 7.32. The quantitative estimate of drug-likeness (QED) is 0.740. The van der Waals surface area contributed by atoms with Crippen LogP contribution in [0.5, 0.6) is 5.75 Å². The summed E-state index contributed by atoms with van der Waals surface area (Å²) >= 11 is 0. The molecule has 0 aromatic heterocycles. The number of esters is 1. The number of aromatic hydroxyl groups is 1. The highest BCUT2D eigenvalue weighted by Crippen LogP contribution is 2.15. The van der Waals surface area contributed by atoms with E-state index in [1.54, 1.807) is 25.1 Å². The van der Waals surface area contributed by atoms with Crippen LogP contribution in [0, 0.1) is 0 Å². The van der Waals surface area contributed by atoms with Crippen LogP contribution in [0.4, 0.5) is 0 Å². The van der Waals surface area contributed by atoms with Gasteiger partial charge >= 0.3 is 5.97 Å². The molecular formula is C13H17NO4. The molecule has 0 saturated heterocycles. The number of hydrogen-bond donors (Lipinski definition) is 2. The lowest BCUT2D eigenvalue weighted by Crippen LogP contribution is -2.27.